The topological polar surface area (TPSA) is 102 Å². The number of carbonyl (C=O) groups is 1. The first-order valence-electron chi connectivity index (χ1n) is 6.58. The molecule has 7 nitrogen and oxygen atoms in total. The summed E-state index contributed by atoms with van der Waals surface area (Å²) in [5.41, 5.74) is 0.907. The van der Waals surface area contributed by atoms with Crippen LogP contribution in [-0.2, 0) is 4.79 Å². The van der Waals surface area contributed by atoms with E-state index < -0.39 is 17.5 Å². The molecule has 116 valence electrons. The van der Waals surface area contributed by atoms with Gasteiger partial charge in [-0.2, -0.15) is 5.26 Å². The van der Waals surface area contributed by atoms with E-state index >= 15 is 0 Å². The quantitative estimate of drug-likeness (QED) is 0.364. The summed E-state index contributed by atoms with van der Waals surface area (Å²) in [5, 5.41) is 19.6. The molecule has 0 atom stereocenters. The number of aryl methyl sites for hydroxylation is 1. The maximum atomic E-state index is 11.8. The third kappa shape index (κ3) is 4.28. The summed E-state index contributed by atoms with van der Waals surface area (Å²) in [4.78, 5) is 22.1. The molecule has 0 unspecified atom stereocenters. The molecule has 0 aromatic heterocycles. The first kappa shape index (κ1) is 16.0. The minimum absolute atomic E-state index is 0.122. The van der Waals surface area contributed by atoms with Crippen LogP contribution in [0.1, 0.15) is 11.1 Å². The number of carbonyl (C=O) groups excluding carboxylic acids is 1. The number of nitrogens with zero attached hydrogens (tertiary/aromatic N) is 2. The van der Waals surface area contributed by atoms with Crippen LogP contribution < -0.4 is 9.47 Å². The number of ether oxygens (including phenoxy) is 2. The van der Waals surface area contributed by atoms with Gasteiger partial charge in [-0.1, -0.05) is 6.07 Å². The number of benzene rings is 2. The van der Waals surface area contributed by atoms with Gasteiger partial charge in [0.1, 0.15) is 5.75 Å². The molecule has 0 heterocycles. The van der Waals surface area contributed by atoms with Crippen molar-refractivity contribution in [3.05, 3.63) is 63.7 Å². The fourth-order valence-corrected chi connectivity index (χ4v) is 1.77. The minimum Gasteiger partial charge on any atom is -0.482 e. The second-order valence-corrected chi connectivity index (χ2v) is 4.63. The summed E-state index contributed by atoms with van der Waals surface area (Å²) in [6.45, 7) is 1.32. The molecule has 0 amide bonds. The lowest BCUT2D eigenvalue weighted by atomic mass is 10.2. The third-order valence-corrected chi connectivity index (χ3v) is 2.88. The van der Waals surface area contributed by atoms with Crippen molar-refractivity contribution in [1.82, 2.24) is 0 Å². The lowest BCUT2D eigenvalue weighted by Gasteiger charge is -2.07. The van der Waals surface area contributed by atoms with E-state index in [-0.39, 0.29) is 11.4 Å². The normalized spacial score (nSPS) is 9.74. The largest absolute Gasteiger partial charge is 0.482 e. The van der Waals surface area contributed by atoms with Crippen molar-refractivity contribution in [3.8, 4) is 17.6 Å². The van der Waals surface area contributed by atoms with E-state index in [0.29, 0.717) is 11.3 Å². The Morgan fingerprint density at radius 1 is 1.26 bits per heavy atom. The SMILES string of the molecule is Cc1ccc([N+](=O)[O-])c(OC(=O)COc2ccc(C#N)cc2)c1. The Hall–Kier alpha value is -3.40. The third-order valence-electron chi connectivity index (χ3n) is 2.88. The van der Waals surface area contributed by atoms with Crippen molar-refractivity contribution in [2.75, 3.05) is 6.61 Å². The van der Waals surface area contributed by atoms with Crippen molar-refractivity contribution in [1.29, 1.82) is 5.26 Å². The molecule has 0 aliphatic rings. The Morgan fingerprint density at radius 3 is 2.57 bits per heavy atom. The van der Waals surface area contributed by atoms with Crippen LogP contribution in [-0.4, -0.2) is 17.5 Å². The average Bonchev–Trinajstić information content (AvgIpc) is 2.53. The van der Waals surface area contributed by atoms with E-state index in [0.717, 1.165) is 5.56 Å². The van der Waals surface area contributed by atoms with E-state index in [2.05, 4.69) is 0 Å². The highest BCUT2D eigenvalue weighted by molar-refractivity contribution is 5.75. The number of rotatable bonds is 5. The zero-order valence-corrected chi connectivity index (χ0v) is 12.2. The number of nitriles is 1. The predicted molar refractivity (Wildman–Crippen MR) is 80.1 cm³/mol. The highest BCUT2D eigenvalue weighted by atomic mass is 16.6. The van der Waals surface area contributed by atoms with Crippen LogP contribution in [0.5, 0.6) is 11.5 Å². The van der Waals surface area contributed by atoms with Crippen LogP contribution in [0.3, 0.4) is 0 Å². The Labute approximate surface area is 131 Å². The van der Waals surface area contributed by atoms with E-state index in [1.807, 2.05) is 6.07 Å². The highest BCUT2D eigenvalue weighted by Crippen LogP contribution is 2.27. The first-order valence-corrected chi connectivity index (χ1v) is 6.58. The van der Waals surface area contributed by atoms with Gasteiger partial charge in [-0.05, 0) is 42.8 Å². The number of hydrogen-bond donors (Lipinski definition) is 0. The Morgan fingerprint density at radius 2 is 1.96 bits per heavy atom. The average molecular weight is 312 g/mol. The van der Waals surface area contributed by atoms with Gasteiger partial charge < -0.3 is 9.47 Å². The van der Waals surface area contributed by atoms with Gasteiger partial charge in [0, 0.05) is 6.07 Å². The molecule has 0 bridgehead atoms. The molecule has 0 saturated carbocycles. The zero-order chi connectivity index (χ0) is 16.8. The lowest BCUT2D eigenvalue weighted by molar-refractivity contribution is -0.385. The van der Waals surface area contributed by atoms with Crippen molar-refractivity contribution >= 4 is 11.7 Å². The van der Waals surface area contributed by atoms with Gasteiger partial charge in [0.2, 0.25) is 5.75 Å². The van der Waals surface area contributed by atoms with Gasteiger partial charge in [0.25, 0.3) is 0 Å². The zero-order valence-electron chi connectivity index (χ0n) is 12.2. The van der Waals surface area contributed by atoms with Crippen LogP contribution in [0, 0.1) is 28.4 Å². The Balaban J connectivity index is 2.01. The number of esters is 1. The summed E-state index contributed by atoms with van der Waals surface area (Å²) in [6.07, 6.45) is 0. The Bertz CT molecular complexity index is 778. The molecule has 0 aliphatic carbocycles. The molecule has 0 aliphatic heterocycles. The van der Waals surface area contributed by atoms with Crippen molar-refractivity contribution in [3.63, 3.8) is 0 Å². The maximum Gasteiger partial charge on any atom is 0.349 e. The second-order valence-electron chi connectivity index (χ2n) is 4.63. The number of nitro groups is 1. The van der Waals surface area contributed by atoms with Crippen LogP contribution in [0.15, 0.2) is 42.5 Å². The first-order chi connectivity index (χ1) is 11.0. The molecule has 0 spiro atoms. The van der Waals surface area contributed by atoms with Gasteiger partial charge in [0.15, 0.2) is 6.61 Å². The second kappa shape index (κ2) is 7.04. The summed E-state index contributed by atoms with van der Waals surface area (Å²) < 4.78 is 10.2. The van der Waals surface area contributed by atoms with Gasteiger partial charge >= 0.3 is 11.7 Å². The van der Waals surface area contributed by atoms with Gasteiger partial charge in [-0.25, -0.2) is 4.79 Å². The van der Waals surface area contributed by atoms with Crippen molar-refractivity contribution in [2.24, 2.45) is 0 Å². The summed E-state index contributed by atoms with van der Waals surface area (Å²) >= 11 is 0. The minimum atomic E-state index is -0.761. The van der Waals surface area contributed by atoms with Crippen LogP contribution >= 0.6 is 0 Å². The molecule has 7 heteroatoms. The standard InChI is InChI=1S/C16H12N2O5/c1-11-2-7-14(18(20)21)15(8-11)23-16(19)10-22-13-5-3-12(9-17)4-6-13/h2-8H,10H2,1H3. The van der Waals surface area contributed by atoms with Crippen LogP contribution in [0.25, 0.3) is 0 Å². The Kier molecular flexibility index (Phi) is 4.89. The molecule has 23 heavy (non-hydrogen) atoms. The van der Waals surface area contributed by atoms with Crippen LogP contribution in [0.4, 0.5) is 5.69 Å². The van der Waals surface area contributed by atoms with E-state index in [4.69, 9.17) is 14.7 Å². The van der Waals surface area contributed by atoms with Crippen LogP contribution in [0.2, 0.25) is 0 Å². The smallest absolute Gasteiger partial charge is 0.349 e. The summed E-state index contributed by atoms with van der Waals surface area (Å²) in [6, 6.07) is 12.4. The lowest BCUT2D eigenvalue weighted by Crippen LogP contribution is -2.18. The molecule has 2 rings (SSSR count). The molecule has 0 N–H and O–H groups in total. The fourth-order valence-electron chi connectivity index (χ4n) is 1.77. The molecule has 0 fully saturated rings. The highest BCUT2D eigenvalue weighted by Gasteiger charge is 2.18. The van der Waals surface area contributed by atoms with E-state index in [9.17, 15) is 14.9 Å². The summed E-state index contributed by atoms with van der Waals surface area (Å²) in [7, 11) is 0. The number of hydrogen-bond acceptors (Lipinski definition) is 6. The molecular weight excluding hydrogens is 300 g/mol. The van der Waals surface area contributed by atoms with E-state index in [1.165, 1.54) is 12.1 Å². The van der Waals surface area contributed by atoms with Gasteiger partial charge in [-0.15, -0.1) is 0 Å². The van der Waals surface area contributed by atoms with Gasteiger partial charge in [-0.3, -0.25) is 10.1 Å². The molecule has 2 aromatic carbocycles. The van der Waals surface area contributed by atoms with Gasteiger partial charge in [0.05, 0.1) is 16.6 Å². The molecule has 0 radical (unpaired) electrons. The van der Waals surface area contributed by atoms with Crippen molar-refractivity contribution < 1.29 is 19.2 Å². The monoisotopic (exact) mass is 312 g/mol. The molecular formula is C16H12N2O5. The predicted octanol–water partition coefficient (Wildman–Crippen LogP) is 2.76. The summed E-state index contributed by atoms with van der Waals surface area (Å²) in [5.74, 6) is -0.494. The maximum absolute atomic E-state index is 11.8. The van der Waals surface area contributed by atoms with E-state index in [1.54, 1.807) is 37.3 Å². The number of nitro benzene ring substituents is 1. The molecule has 2 aromatic rings. The molecule has 0 saturated heterocycles. The van der Waals surface area contributed by atoms with Crippen molar-refractivity contribution in [2.45, 2.75) is 6.92 Å². The fraction of sp³-hybridized carbons (Fsp3) is 0.125.